The minimum atomic E-state index is -0.923. The average molecular weight is 435 g/mol. The fourth-order valence-electron chi connectivity index (χ4n) is 9.21. The maximum atomic E-state index is 13.4. The van der Waals surface area contributed by atoms with E-state index in [1.165, 1.54) is 0 Å². The van der Waals surface area contributed by atoms with Crippen molar-refractivity contribution < 1.29 is 23.3 Å². The van der Waals surface area contributed by atoms with Gasteiger partial charge in [-0.05, 0) is 50.4 Å². The fraction of sp³-hybridized carbons (Fsp3) is 0.917. The van der Waals surface area contributed by atoms with Crippen LogP contribution >= 0.6 is 0 Å². The van der Waals surface area contributed by atoms with E-state index in [9.17, 15) is 13.8 Å². The molecular formula is C24H34O5S. The van der Waals surface area contributed by atoms with Crippen LogP contribution in [0, 0.1) is 28.6 Å². The van der Waals surface area contributed by atoms with E-state index < -0.39 is 10.8 Å². The molecule has 4 saturated carbocycles. The first-order chi connectivity index (χ1) is 14.2. The Morgan fingerprint density at radius 2 is 1.90 bits per heavy atom. The van der Waals surface area contributed by atoms with Gasteiger partial charge in [0.05, 0.1) is 6.10 Å². The summed E-state index contributed by atoms with van der Waals surface area (Å²) in [5.74, 6) is 1.87. The second kappa shape index (κ2) is 5.98. The molecule has 30 heavy (non-hydrogen) atoms. The van der Waals surface area contributed by atoms with Crippen LogP contribution in [0.3, 0.4) is 0 Å². The maximum Gasteiger partial charge on any atom is 0.306 e. The van der Waals surface area contributed by atoms with Crippen molar-refractivity contribution >= 4 is 22.6 Å². The van der Waals surface area contributed by atoms with Crippen LogP contribution in [0.5, 0.6) is 0 Å². The quantitative estimate of drug-likeness (QED) is 0.491. The number of fused-ring (bicyclic) bond motifs is 4. The third kappa shape index (κ3) is 2.11. The monoisotopic (exact) mass is 434 g/mol. The van der Waals surface area contributed by atoms with Gasteiger partial charge in [0.1, 0.15) is 17.0 Å². The number of epoxide rings is 1. The molecule has 6 aliphatic rings. The molecule has 2 heterocycles. The topological polar surface area (TPSA) is 73.0 Å². The summed E-state index contributed by atoms with van der Waals surface area (Å²) in [5, 5.41) is 0.0841. The Hall–Kier alpha value is -0.750. The summed E-state index contributed by atoms with van der Waals surface area (Å²) in [6.07, 6.45) is 7.45. The lowest BCUT2D eigenvalue weighted by Crippen LogP contribution is -2.66. The molecule has 0 N–H and O–H groups in total. The molecule has 0 aromatic rings. The molecule has 0 amide bonds. The SMILES string of the molecule is CCS(=O)[C@@H]1CC2CC(=O)CCC2(C)[C@@]23O[C@H]2CC2(C)C(CC[C@@]24CCC(=O)O4)C13. The van der Waals surface area contributed by atoms with E-state index in [4.69, 9.17) is 9.47 Å². The molecule has 4 aliphatic carbocycles. The van der Waals surface area contributed by atoms with Gasteiger partial charge < -0.3 is 9.47 Å². The Bertz CT molecular complexity index is 857. The van der Waals surface area contributed by atoms with E-state index in [-0.39, 0.29) is 51.2 Å². The first kappa shape index (κ1) is 19.9. The van der Waals surface area contributed by atoms with Crippen molar-refractivity contribution in [2.24, 2.45) is 28.6 Å². The van der Waals surface area contributed by atoms with E-state index in [1.807, 2.05) is 6.92 Å². The van der Waals surface area contributed by atoms with Gasteiger partial charge in [0, 0.05) is 57.8 Å². The minimum absolute atomic E-state index is 0.00583. The van der Waals surface area contributed by atoms with Crippen LogP contribution in [0.1, 0.15) is 78.6 Å². The van der Waals surface area contributed by atoms with Crippen molar-refractivity contribution in [3.63, 3.8) is 0 Å². The van der Waals surface area contributed by atoms with Crippen LogP contribution in [0.25, 0.3) is 0 Å². The van der Waals surface area contributed by atoms with Crippen LogP contribution in [0.4, 0.5) is 0 Å². The summed E-state index contributed by atoms with van der Waals surface area (Å²) in [6, 6.07) is 0. The lowest BCUT2D eigenvalue weighted by Gasteiger charge is -2.60. The summed E-state index contributed by atoms with van der Waals surface area (Å²) in [7, 11) is -0.923. The van der Waals surface area contributed by atoms with Gasteiger partial charge in [-0.3, -0.25) is 13.8 Å². The van der Waals surface area contributed by atoms with Crippen LogP contribution in [0.2, 0.25) is 0 Å². The van der Waals surface area contributed by atoms with Crippen molar-refractivity contribution in [3.8, 4) is 0 Å². The van der Waals surface area contributed by atoms with Gasteiger partial charge in [0.15, 0.2) is 0 Å². The van der Waals surface area contributed by atoms with Crippen LogP contribution in [-0.2, 0) is 29.9 Å². The predicted octanol–water partition coefficient (Wildman–Crippen LogP) is 3.55. The number of ketones is 1. The van der Waals surface area contributed by atoms with Crippen molar-refractivity contribution in [1.29, 1.82) is 0 Å². The second-order valence-corrected chi connectivity index (χ2v) is 13.4. The summed E-state index contributed by atoms with van der Waals surface area (Å²) < 4.78 is 26.2. The minimum Gasteiger partial charge on any atom is -0.458 e. The summed E-state index contributed by atoms with van der Waals surface area (Å²) in [5.41, 5.74) is -0.692. The molecule has 2 spiro atoms. The normalized spacial score (nSPS) is 57.2. The zero-order chi connectivity index (χ0) is 21.1. The summed E-state index contributed by atoms with van der Waals surface area (Å²) in [6.45, 7) is 6.72. The lowest BCUT2D eigenvalue weighted by molar-refractivity contribution is -0.167. The molecule has 166 valence electrons. The van der Waals surface area contributed by atoms with Gasteiger partial charge in [-0.15, -0.1) is 0 Å². The Morgan fingerprint density at radius 1 is 1.10 bits per heavy atom. The molecule has 2 aliphatic heterocycles. The second-order valence-electron chi connectivity index (χ2n) is 11.5. The highest BCUT2D eigenvalue weighted by Gasteiger charge is 2.83. The van der Waals surface area contributed by atoms with Gasteiger partial charge in [0.25, 0.3) is 0 Å². The molecule has 0 bridgehead atoms. The molecule has 6 fully saturated rings. The molecule has 10 atom stereocenters. The summed E-state index contributed by atoms with van der Waals surface area (Å²) in [4.78, 5) is 24.5. The Morgan fingerprint density at radius 3 is 2.60 bits per heavy atom. The molecule has 0 radical (unpaired) electrons. The zero-order valence-corrected chi connectivity index (χ0v) is 19.2. The number of ether oxygens (including phenoxy) is 2. The number of esters is 1. The van der Waals surface area contributed by atoms with Crippen LogP contribution in [-0.4, -0.2) is 44.3 Å². The van der Waals surface area contributed by atoms with Crippen molar-refractivity contribution in [3.05, 3.63) is 0 Å². The third-order valence-electron chi connectivity index (χ3n) is 10.8. The molecular weight excluding hydrogens is 400 g/mol. The van der Waals surface area contributed by atoms with E-state index in [1.54, 1.807) is 0 Å². The lowest BCUT2D eigenvalue weighted by atomic mass is 9.44. The number of hydrogen-bond acceptors (Lipinski definition) is 5. The third-order valence-corrected chi connectivity index (χ3v) is 12.5. The number of carbonyl (C=O) groups is 2. The average Bonchev–Trinajstić information content (AvgIpc) is 3.20. The Kier molecular flexibility index (Phi) is 3.96. The van der Waals surface area contributed by atoms with E-state index >= 15 is 0 Å². The van der Waals surface area contributed by atoms with Crippen molar-refractivity contribution in [1.82, 2.24) is 0 Å². The van der Waals surface area contributed by atoms with E-state index in [0.29, 0.717) is 36.7 Å². The molecule has 5 nitrogen and oxygen atoms in total. The first-order valence-corrected chi connectivity index (χ1v) is 13.4. The standard InChI is InChI=1S/C24H34O5S/c1-4-30(27)17-12-14-11-15(25)5-8-21(14,2)24-18(28-24)13-22(3)16(20(17)24)6-9-23(22)10-7-19(26)29-23/h14,16-18,20H,4-13H2,1-3H3/t14?,16?,17-,18+,20?,21?,22?,23-,24-,30?/m1/s1. The summed E-state index contributed by atoms with van der Waals surface area (Å²) >= 11 is 0. The molecule has 2 saturated heterocycles. The number of carbonyl (C=O) groups excluding carboxylic acids is 2. The molecule has 6 rings (SSSR count). The molecule has 0 aromatic carbocycles. The van der Waals surface area contributed by atoms with Gasteiger partial charge in [-0.2, -0.15) is 0 Å². The highest BCUT2D eigenvalue weighted by Crippen LogP contribution is 2.78. The van der Waals surface area contributed by atoms with E-state index in [0.717, 1.165) is 38.5 Å². The van der Waals surface area contributed by atoms with Crippen LogP contribution < -0.4 is 0 Å². The Balaban J connectivity index is 1.46. The molecule has 0 aromatic heterocycles. The van der Waals surface area contributed by atoms with Gasteiger partial charge in [0.2, 0.25) is 0 Å². The van der Waals surface area contributed by atoms with E-state index in [2.05, 4.69) is 13.8 Å². The van der Waals surface area contributed by atoms with Gasteiger partial charge in [-0.1, -0.05) is 20.8 Å². The Labute approximate surface area is 181 Å². The number of Topliss-reactive ketones (excluding diaryl/α,β-unsaturated/α-hetero) is 1. The van der Waals surface area contributed by atoms with Crippen LogP contribution in [0.15, 0.2) is 0 Å². The highest BCUT2D eigenvalue weighted by molar-refractivity contribution is 7.85. The molecule has 6 unspecified atom stereocenters. The van der Waals surface area contributed by atoms with Crippen molar-refractivity contribution in [2.75, 3.05) is 5.75 Å². The highest BCUT2D eigenvalue weighted by atomic mass is 32.2. The van der Waals surface area contributed by atoms with Gasteiger partial charge in [-0.25, -0.2) is 0 Å². The predicted molar refractivity (Wildman–Crippen MR) is 112 cm³/mol. The first-order valence-electron chi connectivity index (χ1n) is 12.0. The fourth-order valence-corrected chi connectivity index (χ4v) is 10.8. The van der Waals surface area contributed by atoms with Crippen molar-refractivity contribution in [2.45, 2.75) is 101 Å². The molecule has 6 heteroatoms. The zero-order valence-electron chi connectivity index (χ0n) is 18.4. The van der Waals surface area contributed by atoms with Gasteiger partial charge >= 0.3 is 5.97 Å². The largest absolute Gasteiger partial charge is 0.458 e. The smallest absolute Gasteiger partial charge is 0.306 e. The number of hydrogen-bond donors (Lipinski definition) is 0. The number of rotatable bonds is 2. The maximum absolute atomic E-state index is 13.4.